The highest BCUT2D eigenvalue weighted by Gasteiger charge is 2.35. The Morgan fingerprint density at radius 1 is 1.15 bits per heavy atom. The number of carbonyl (C=O) groups is 2. The fraction of sp³-hybridized carbons (Fsp3) is 0.368. The average molecular weight is 364 g/mol. The van der Waals surface area contributed by atoms with Crippen LogP contribution in [0.3, 0.4) is 0 Å². The summed E-state index contributed by atoms with van der Waals surface area (Å²) in [5, 5.41) is 2.57. The number of Topliss-reactive ketones (excluding diaryl/α,β-unsaturated/α-hetero) is 1. The first-order valence-electron chi connectivity index (χ1n) is 8.21. The average Bonchev–Trinajstić information content (AvgIpc) is 2.82. The Labute approximate surface area is 148 Å². The van der Waals surface area contributed by atoms with Crippen molar-refractivity contribution in [2.75, 3.05) is 5.32 Å². The van der Waals surface area contributed by atoms with E-state index in [0.29, 0.717) is 24.0 Å². The molecule has 0 saturated carbocycles. The first-order valence-corrected chi connectivity index (χ1v) is 8.21. The molecule has 0 bridgehead atoms. The van der Waals surface area contributed by atoms with Gasteiger partial charge in [0.1, 0.15) is 5.69 Å². The number of amides is 1. The van der Waals surface area contributed by atoms with Crippen LogP contribution in [0.2, 0.25) is 0 Å². The molecule has 2 aromatic rings. The molecule has 0 radical (unpaired) electrons. The van der Waals surface area contributed by atoms with Gasteiger partial charge in [-0.15, -0.1) is 0 Å². The molecule has 1 aromatic heterocycles. The van der Waals surface area contributed by atoms with Crippen molar-refractivity contribution >= 4 is 17.4 Å². The Balaban J connectivity index is 1.84. The maximum Gasteiger partial charge on any atom is 0.416 e. The van der Waals surface area contributed by atoms with Gasteiger partial charge in [-0.05, 0) is 48.6 Å². The zero-order valence-corrected chi connectivity index (χ0v) is 14.7. The lowest BCUT2D eigenvalue weighted by atomic mass is 9.75. The highest BCUT2D eigenvalue weighted by molar-refractivity contribution is 6.08. The molecule has 7 heteroatoms. The summed E-state index contributed by atoms with van der Waals surface area (Å²) < 4.78 is 37.8. The third-order valence-corrected chi connectivity index (χ3v) is 4.60. The number of carbonyl (C=O) groups excluding carboxylic acids is 2. The number of halogens is 3. The van der Waals surface area contributed by atoms with E-state index in [0.717, 1.165) is 17.8 Å². The molecule has 0 fully saturated rings. The third-order valence-electron chi connectivity index (χ3n) is 4.60. The zero-order valence-electron chi connectivity index (χ0n) is 14.7. The predicted molar refractivity (Wildman–Crippen MR) is 91.4 cm³/mol. The van der Waals surface area contributed by atoms with E-state index < -0.39 is 17.6 Å². The van der Waals surface area contributed by atoms with Crippen LogP contribution in [0.4, 0.5) is 18.9 Å². The van der Waals surface area contributed by atoms with Gasteiger partial charge in [-0.1, -0.05) is 13.8 Å². The normalized spacial score (nSPS) is 16.3. The number of rotatable bonds is 2. The Morgan fingerprint density at radius 2 is 1.77 bits per heavy atom. The smallest absolute Gasteiger partial charge is 0.354 e. The Morgan fingerprint density at radius 3 is 2.35 bits per heavy atom. The van der Waals surface area contributed by atoms with Crippen molar-refractivity contribution in [3.8, 4) is 0 Å². The van der Waals surface area contributed by atoms with Gasteiger partial charge in [-0.2, -0.15) is 13.2 Å². The lowest BCUT2D eigenvalue weighted by Crippen LogP contribution is -2.26. The second kappa shape index (κ2) is 6.00. The summed E-state index contributed by atoms with van der Waals surface area (Å²) in [5.41, 5.74) is 1.42. The van der Waals surface area contributed by atoms with Gasteiger partial charge >= 0.3 is 6.18 Å². The van der Waals surface area contributed by atoms with Gasteiger partial charge in [0.2, 0.25) is 0 Å². The molecule has 1 heterocycles. The van der Waals surface area contributed by atoms with Crippen molar-refractivity contribution in [1.29, 1.82) is 0 Å². The molecule has 3 rings (SSSR count). The maximum atomic E-state index is 12.6. The van der Waals surface area contributed by atoms with Gasteiger partial charge in [0.15, 0.2) is 5.78 Å². The number of benzene rings is 1. The van der Waals surface area contributed by atoms with Crippen molar-refractivity contribution in [2.45, 2.75) is 39.8 Å². The second-order valence-corrected chi connectivity index (χ2v) is 7.45. The van der Waals surface area contributed by atoms with E-state index in [1.54, 1.807) is 6.92 Å². The number of H-pyrrole nitrogens is 1. The molecule has 1 amide bonds. The molecule has 0 aliphatic heterocycles. The third kappa shape index (κ3) is 3.38. The molecule has 1 aliphatic carbocycles. The van der Waals surface area contributed by atoms with Gasteiger partial charge in [-0.3, -0.25) is 9.59 Å². The van der Waals surface area contributed by atoms with Crippen LogP contribution in [0.25, 0.3) is 0 Å². The number of ketones is 1. The number of nitrogens with one attached hydrogen (secondary N) is 2. The number of anilines is 1. The van der Waals surface area contributed by atoms with Gasteiger partial charge in [-0.25, -0.2) is 0 Å². The highest BCUT2D eigenvalue weighted by Crippen LogP contribution is 2.37. The minimum absolute atomic E-state index is 0.00131. The number of fused-ring (bicyclic) bond motifs is 1. The fourth-order valence-corrected chi connectivity index (χ4v) is 3.40. The summed E-state index contributed by atoms with van der Waals surface area (Å²) in [7, 11) is 0. The molecule has 0 spiro atoms. The second-order valence-electron chi connectivity index (χ2n) is 7.45. The molecule has 0 unspecified atom stereocenters. The quantitative estimate of drug-likeness (QED) is 0.808. The zero-order chi connectivity index (χ0) is 19.3. The minimum Gasteiger partial charge on any atom is -0.354 e. The van der Waals surface area contributed by atoms with E-state index in [4.69, 9.17) is 0 Å². The van der Waals surface area contributed by atoms with Crippen LogP contribution in [-0.4, -0.2) is 16.7 Å². The molecular formula is C19H19F3N2O2. The van der Waals surface area contributed by atoms with Crippen LogP contribution in [0.15, 0.2) is 24.3 Å². The lowest BCUT2D eigenvalue weighted by Gasteiger charge is -2.28. The van der Waals surface area contributed by atoms with Gasteiger partial charge in [0.25, 0.3) is 5.91 Å². The molecule has 1 aromatic carbocycles. The Hall–Kier alpha value is -2.57. The van der Waals surface area contributed by atoms with Crippen molar-refractivity contribution in [3.63, 3.8) is 0 Å². The van der Waals surface area contributed by atoms with Crippen LogP contribution in [0, 0.1) is 12.3 Å². The SMILES string of the molecule is Cc1c(C(=O)Nc2ccc(C(F)(F)F)cc2)[nH]c2c1C(=O)CC(C)(C)C2. The van der Waals surface area contributed by atoms with Crippen LogP contribution >= 0.6 is 0 Å². The summed E-state index contributed by atoms with van der Waals surface area (Å²) in [6, 6.07) is 4.23. The van der Waals surface area contributed by atoms with E-state index in [-0.39, 0.29) is 22.6 Å². The highest BCUT2D eigenvalue weighted by atomic mass is 19.4. The standard InChI is InChI=1S/C19H19F3N2O2/c1-10-15-13(8-18(2,3)9-14(15)25)24-16(10)17(26)23-12-6-4-11(5-7-12)19(20,21)22/h4-7,24H,8-9H2,1-3H3,(H,23,26). The summed E-state index contributed by atoms with van der Waals surface area (Å²) in [4.78, 5) is 27.9. The molecule has 2 N–H and O–H groups in total. The number of aromatic nitrogens is 1. The van der Waals surface area contributed by atoms with Crippen molar-refractivity contribution in [3.05, 3.63) is 52.3 Å². The number of aromatic amines is 1. The first-order chi connectivity index (χ1) is 12.0. The van der Waals surface area contributed by atoms with Gasteiger partial charge in [0.05, 0.1) is 5.56 Å². The first kappa shape index (κ1) is 18.2. The van der Waals surface area contributed by atoms with E-state index in [2.05, 4.69) is 10.3 Å². The Kier molecular flexibility index (Phi) is 4.21. The number of hydrogen-bond acceptors (Lipinski definition) is 2. The van der Waals surface area contributed by atoms with E-state index in [1.807, 2.05) is 13.8 Å². The van der Waals surface area contributed by atoms with Crippen molar-refractivity contribution < 1.29 is 22.8 Å². The molecule has 138 valence electrons. The van der Waals surface area contributed by atoms with Crippen molar-refractivity contribution in [2.24, 2.45) is 5.41 Å². The van der Waals surface area contributed by atoms with Crippen LogP contribution in [0.5, 0.6) is 0 Å². The summed E-state index contributed by atoms with van der Waals surface area (Å²) in [5.74, 6) is -0.485. The summed E-state index contributed by atoms with van der Waals surface area (Å²) >= 11 is 0. The van der Waals surface area contributed by atoms with Crippen LogP contribution < -0.4 is 5.32 Å². The molecule has 1 aliphatic rings. The predicted octanol–water partition coefficient (Wildman–Crippen LogP) is 4.75. The van der Waals surface area contributed by atoms with E-state index in [9.17, 15) is 22.8 Å². The van der Waals surface area contributed by atoms with Crippen LogP contribution in [0.1, 0.15) is 57.9 Å². The van der Waals surface area contributed by atoms with Crippen LogP contribution in [-0.2, 0) is 12.6 Å². The molecular weight excluding hydrogens is 345 g/mol. The molecule has 0 saturated heterocycles. The summed E-state index contributed by atoms with van der Waals surface area (Å²) in [6.45, 7) is 5.69. The van der Waals surface area contributed by atoms with E-state index >= 15 is 0 Å². The maximum absolute atomic E-state index is 12.6. The lowest BCUT2D eigenvalue weighted by molar-refractivity contribution is -0.137. The molecule has 26 heavy (non-hydrogen) atoms. The van der Waals surface area contributed by atoms with Crippen molar-refractivity contribution in [1.82, 2.24) is 4.98 Å². The Bertz CT molecular complexity index is 877. The largest absolute Gasteiger partial charge is 0.416 e. The van der Waals surface area contributed by atoms with Gasteiger partial charge in [0, 0.05) is 23.4 Å². The fourth-order valence-electron chi connectivity index (χ4n) is 3.40. The molecule has 4 nitrogen and oxygen atoms in total. The number of hydrogen-bond donors (Lipinski definition) is 2. The minimum atomic E-state index is -4.43. The topological polar surface area (TPSA) is 62.0 Å². The van der Waals surface area contributed by atoms with E-state index in [1.165, 1.54) is 12.1 Å². The van der Waals surface area contributed by atoms with Gasteiger partial charge < -0.3 is 10.3 Å². The molecule has 0 atom stereocenters. The monoisotopic (exact) mass is 364 g/mol. The summed E-state index contributed by atoms with van der Waals surface area (Å²) in [6.07, 6.45) is -3.36. The number of alkyl halides is 3.